The number of aliphatic hydroxyl groups excluding tert-OH is 1. The molecule has 2 heteroatoms. The van der Waals surface area contributed by atoms with E-state index >= 15 is 0 Å². The summed E-state index contributed by atoms with van der Waals surface area (Å²) in [5, 5.41) is 9.02. The molecule has 2 nitrogen and oxygen atoms in total. The standard InChI is InChI=1S/C9H16O2/c1-7(10)9(11)8-5-3-2-4-6-8/h7-8,10H,2-6H2,1H3. The van der Waals surface area contributed by atoms with Crippen molar-refractivity contribution in [1.82, 2.24) is 0 Å². The number of Topliss-reactive ketones (excluding diaryl/α,β-unsaturated/α-hetero) is 1. The topological polar surface area (TPSA) is 37.3 Å². The number of rotatable bonds is 2. The number of aliphatic hydroxyl groups is 1. The zero-order valence-electron chi connectivity index (χ0n) is 7.05. The summed E-state index contributed by atoms with van der Waals surface area (Å²) in [6, 6.07) is 0. The van der Waals surface area contributed by atoms with Gasteiger partial charge in [-0.05, 0) is 19.8 Å². The Morgan fingerprint density at radius 3 is 2.36 bits per heavy atom. The number of hydrogen-bond donors (Lipinski definition) is 1. The van der Waals surface area contributed by atoms with E-state index in [1.807, 2.05) is 0 Å². The van der Waals surface area contributed by atoms with Crippen LogP contribution in [0.4, 0.5) is 0 Å². The summed E-state index contributed by atoms with van der Waals surface area (Å²) in [6.07, 6.45) is 4.79. The van der Waals surface area contributed by atoms with E-state index in [1.165, 1.54) is 6.42 Å². The molecular formula is C9H16O2. The summed E-state index contributed by atoms with van der Waals surface area (Å²) in [6.45, 7) is 1.57. The summed E-state index contributed by atoms with van der Waals surface area (Å²) < 4.78 is 0. The molecule has 1 aliphatic carbocycles. The van der Waals surface area contributed by atoms with Crippen molar-refractivity contribution in [3.05, 3.63) is 0 Å². The molecule has 0 aliphatic heterocycles. The van der Waals surface area contributed by atoms with Crippen LogP contribution in [0.5, 0.6) is 0 Å². The first-order chi connectivity index (χ1) is 5.22. The average Bonchev–Trinajstić information content (AvgIpc) is 2.05. The second-order valence-electron chi connectivity index (χ2n) is 3.41. The lowest BCUT2D eigenvalue weighted by molar-refractivity contribution is -0.131. The molecule has 1 saturated carbocycles. The molecule has 0 heterocycles. The van der Waals surface area contributed by atoms with Crippen molar-refractivity contribution in [3.8, 4) is 0 Å². The molecule has 11 heavy (non-hydrogen) atoms. The van der Waals surface area contributed by atoms with Gasteiger partial charge in [0.15, 0.2) is 5.78 Å². The van der Waals surface area contributed by atoms with E-state index in [0.29, 0.717) is 0 Å². The Balaban J connectivity index is 2.39. The molecule has 64 valence electrons. The summed E-state index contributed by atoms with van der Waals surface area (Å²) in [5.41, 5.74) is 0. The van der Waals surface area contributed by atoms with Crippen LogP contribution in [-0.4, -0.2) is 17.0 Å². The van der Waals surface area contributed by atoms with Crippen molar-refractivity contribution in [2.24, 2.45) is 5.92 Å². The van der Waals surface area contributed by atoms with Gasteiger partial charge in [-0.1, -0.05) is 19.3 Å². The Hall–Kier alpha value is -0.370. The molecule has 0 amide bonds. The van der Waals surface area contributed by atoms with Gasteiger partial charge < -0.3 is 5.11 Å². The van der Waals surface area contributed by atoms with E-state index in [4.69, 9.17) is 5.11 Å². The quantitative estimate of drug-likeness (QED) is 0.658. The first-order valence-corrected chi connectivity index (χ1v) is 4.43. The van der Waals surface area contributed by atoms with Crippen LogP contribution in [0.15, 0.2) is 0 Å². The highest BCUT2D eigenvalue weighted by Crippen LogP contribution is 2.24. The smallest absolute Gasteiger partial charge is 0.164 e. The first-order valence-electron chi connectivity index (χ1n) is 4.43. The summed E-state index contributed by atoms with van der Waals surface area (Å²) in [7, 11) is 0. The van der Waals surface area contributed by atoms with Gasteiger partial charge in [0.25, 0.3) is 0 Å². The molecule has 0 radical (unpaired) electrons. The van der Waals surface area contributed by atoms with E-state index in [-0.39, 0.29) is 11.7 Å². The lowest BCUT2D eigenvalue weighted by Gasteiger charge is -2.21. The molecule has 1 atom stereocenters. The maximum atomic E-state index is 11.2. The molecule has 0 aromatic carbocycles. The number of carbonyl (C=O) groups excluding carboxylic acids is 1. The second kappa shape index (κ2) is 3.86. The van der Waals surface area contributed by atoms with E-state index in [9.17, 15) is 4.79 Å². The van der Waals surface area contributed by atoms with Gasteiger partial charge in [-0.3, -0.25) is 4.79 Å². The summed E-state index contributed by atoms with van der Waals surface area (Å²) in [5.74, 6) is 0.202. The van der Waals surface area contributed by atoms with Crippen molar-refractivity contribution in [3.63, 3.8) is 0 Å². The number of ketones is 1. The van der Waals surface area contributed by atoms with E-state index < -0.39 is 6.10 Å². The van der Waals surface area contributed by atoms with E-state index in [2.05, 4.69) is 0 Å². The molecule has 0 aromatic heterocycles. The Morgan fingerprint density at radius 1 is 1.36 bits per heavy atom. The lowest BCUT2D eigenvalue weighted by atomic mass is 9.85. The molecule has 0 aromatic rings. The molecule has 1 unspecified atom stereocenters. The zero-order valence-corrected chi connectivity index (χ0v) is 7.05. The number of carbonyl (C=O) groups is 1. The fourth-order valence-electron chi connectivity index (χ4n) is 1.73. The molecule has 0 spiro atoms. The maximum Gasteiger partial charge on any atom is 0.164 e. The summed E-state index contributed by atoms with van der Waals surface area (Å²) >= 11 is 0. The van der Waals surface area contributed by atoms with Crippen molar-refractivity contribution in [2.45, 2.75) is 45.1 Å². The van der Waals surface area contributed by atoms with E-state index in [1.54, 1.807) is 6.92 Å². The van der Waals surface area contributed by atoms with Gasteiger partial charge in [-0.15, -0.1) is 0 Å². The van der Waals surface area contributed by atoms with Crippen LogP contribution in [0, 0.1) is 5.92 Å². The predicted octanol–water partition coefficient (Wildman–Crippen LogP) is 1.52. The monoisotopic (exact) mass is 156 g/mol. The van der Waals surface area contributed by atoms with Gasteiger partial charge in [0.2, 0.25) is 0 Å². The van der Waals surface area contributed by atoms with Crippen LogP contribution < -0.4 is 0 Å². The highest BCUT2D eigenvalue weighted by Gasteiger charge is 2.23. The third kappa shape index (κ3) is 2.29. The molecule has 0 bridgehead atoms. The van der Waals surface area contributed by atoms with Crippen LogP contribution in [-0.2, 0) is 4.79 Å². The zero-order chi connectivity index (χ0) is 8.27. The van der Waals surface area contributed by atoms with Crippen molar-refractivity contribution >= 4 is 5.78 Å². The van der Waals surface area contributed by atoms with Crippen molar-refractivity contribution in [1.29, 1.82) is 0 Å². The van der Waals surface area contributed by atoms with E-state index in [0.717, 1.165) is 25.7 Å². The van der Waals surface area contributed by atoms with Crippen LogP contribution in [0.3, 0.4) is 0 Å². The van der Waals surface area contributed by atoms with Crippen LogP contribution in [0.1, 0.15) is 39.0 Å². The molecule has 1 rings (SSSR count). The fraction of sp³-hybridized carbons (Fsp3) is 0.889. The highest BCUT2D eigenvalue weighted by atomic mass is 16.3. The SMILES string of the molecule is CC(O)C(=O)C1CCCCC1. The van der Waals surface area contributed by atoms with Gasteiger partial charge >= 0.3 is 0 Å². The van der Waals surface area contributed by atoms with Gasteiger partial charge in [0, 0.05) is 5.92 Å². The molecule has 1 fully saturated rings. The third-order valence-corrected chi connectivity index (χ3v) is 2.42. The molecular weight excluding hydrogens is 140 g/mol. The Bertz CT molecular complexity index is 134. The van der Waals surface area contributed by atoms with Gasteiger partial charge in [0.05, 0.1) is 0 Å². The Morgan fingerprint density at radius 2 is 1.91 bits per heavy atom. The minimum Gasteiger partial charge on any atom is -0.386 e. The van der Waals surface area contributed by atoms with Crippen molar-refractivity contribution in [2.75, 3.05) is 0 Å². The molecule has 0 saturated heterocycles. The molecule has 1 aliphatic rings. The lowest BCUT2D eigenvalue weighted by Crippen LogP contribution is -2.27. The highest BCUT2D eigenvalue weighted by molar-refractivity contribution is 5.84. The largest absolute Gasteiger partial charge is 0.386 e. The second-order valence-corrected chi connectivity index (χ2v) is 3.41. The summed E-state index contributed by atoms with van der Waals surface area (Å²) in [4.78, 5) is 11.2. The first kappa shape index (κ1) is 8.72. The Labute approximate surface area is 67.6 Å². The van der Waals surface area contributed by atoms with Gasteiger partial charge in [-0.25, -0.2) is 0 Å². The van der Waals surface area contributed by atoms with Crippen LogP contribution in [0.2, 0.25) is 0 Å². The minimum absolute atomic E-state index is 0.0460. The fourth-order valence-corrected chi connectivity index (χ4v) is 1.73. The maximum absolute atomic E-state index is 11.2. The predicted molar refractivity (Wildman–Crippen MR) is 43.3 cm³/mol. The van der Waals surface area contributed by atoms with Gasteiger partial charge in [0.1, 0.15) is 6.10 Å². The number of hydrogen-bond acceptors (Lipinski definition) is 2. The minimum atomic E-state index is -0.752. The normalized spacial score (nSPS) is 23.1. The van der Waals surface area contributed by atoms with Gasteiger partial charge in [-0.2, -0.15) is 0 Å². The van der Waals surface area contributed by atoms with Crippen LogP contribution >= 0.6 is 0 Å². The Kier molecular flexibility index (Phi) is 3.06. The molecule has 1 N–H and O–H groups in total. The third-order valence-electron chi connectivity index (χ3n) is 2.42. The van der Waals surface area contributed by atoms with Crippen LogP contribution in [0.25, 0.3) is 0 Å². The average molecular weight is 156 g/mol. The van der Waals surface area contributed by atoms with Crippen molar-refractivity contribution < 1.29 is 9.90 Å².